The summed E-state index contributed by atoms with van der Waals surface area (Å²) in [6, 6.07) is 8.00. The van der Waals surface area contributed by atoms with Crippen molar-refractivity contribution in [2.45, 2.75) is 32.6 Å². The molecule has 2 aliphatic heterocycles. The summed E-state index contributed by atoms with van der Waals surface area (Å²) in [4.78, 5) is 25.6. The van der Waals surface area contributed by atoms with Gasteiger partial charge in [-0.05, 0) is 37.8 Å². The maximum atomic E-state index is 12.4. The number of carbonyl (C=O) groups is 1. The molecule has 0 unspecified atom stereocenters. The van der Waals surface area contributed by atoms with E-state index in [9.17, 15) is 4.79 Å². The van der Waals surface area contributed by atoms with Gasteiger partial charge in [0.15, 0.2) is 0 Å². The average Bonchev–Trinajstić information content (AvgIpc) is 3.11. The van der Waals surface area contributed by atoms with Crippen LogP contribution in [0.4, 0.5) is 5.82 Å². The molecule has 1 aromatic carbocycles. The van der Waals surface area contributed by atoms with Gasteiger partial charge >= 0.3 is 0 Å². The lowest BCUT2D eigenvalue weighted by Gasteiger charge is -2.24. The summed E-state index contributed by atoms with van der Waals surface area (Å²) in [6.45, 7) is 5.81. The van der Waals surface area contributed by atoms with E-state index in [1.807, 2.05) is 31.2 Å². The lowest BCUT2D eigenvalue weighted by atomic mass is 9.90. The van der Waals surface area contributed by atoms with E-state index in [0.717, 1.165) is 64.4 Å². The molecule has 0 spiro atoms. The van der Waals surface area contributed by atoms with Gasteiger partial charge in [-0.15, -0.1) is 0 Å². The molecule has 4 bridgehead atoms. The van der Waals surface area contributed by atoms with Crippen molar-refractivity contribution >= 4 is 22.8 Å². The van der Waals surface area contributed by atoms with E-state index in [2.05, 4.69) is 22.5 Å². The third kappa shape index (κ3) is 2.67. The highest BCUT2D eigenvalue weighted by Crippen LogP contribution is 2.35. The van der Waals surface area contributed by atoms with Crippen molar-refractivity contribution < 1.29 is 4.79 Å². The van der Waals surface area contributed by atoms with Crippen LogP contribution in [-0.4, -0.2) is 33.9 Å². The van der Waals surface area contributed by atoms with E-state index < -0.39 is 0 Å². The first-order valence-corrected chi connectivity index (χ1v) is 9.63. The van der Waals surface area contributed by atoms with Crippen molar-refractivity contribution in [2.75, 3.05) is 18.4 Å². The van der Waals surface area contributed by atoms with Crippen molar-refractivity contribution in [3.05, 3.63) is 41.2 Å². The van der Waals surface area contributed by atoms with Gasteiger partial charge in [-0.2, -0.15) is 0 Å². The van der Waals surface area contributed by atoms with Gasteiger partial charge in [0, 0.05) is 36.0 Å². The number of aryl methyl sites for hydroxylation is 1. The summed E-state index contributed by atoms with van der Waals surface area (Å²) in [7, 11) is 0. The predicted molar refractivity (Wildman–Crippen MR) is 106 cm³/mol. The van der Waals surface area contributed by atoms with Gasteiger partial charge < -0.3 is 15.6 Å². The smallest absolute Gasteiger partial charge is 0.253 e. The van der Waals surface area contributed by atoms with E-state index in [4.69, 9.17) is 9.97 Å². The largest absolute Gasteiger partial charge is 0.368 e. The average molecular weight is 361 g/mol. The molecule has 6 nitrogen and oxygen atoms in total. The zero-order chi connectivity index (χ0) is 18.5. The number of nitrogens with one attached hydrogen (secondary N) is 3. The summed E-state index contributed by atoms with van der Waals surface area (Å²) in [5.41, 5.74) is 6.38. The van der Waals surface area contributed by atoms with Crippen LogP contribution in [0, 0.1) is 12.8 Å². The summed E-state index contributed by atoms with van der Waals surface area (Å²) in [5, 5.41) is 6.55. The van der Waals surface area contributed by atoms with Gasteiger partial charge in [0.1, 0.15) is 11.3 Å². The van der Waals surface area contributed by atoms with Crippen LogP contribution in [0.15, 0.2) is 24.3 Å². The summed E-state index contributed by atoms with van der Waals surface area (Å²) < 4.78 is 0. The van der Waals surface area contributed by atoms with Gasteiger partial charge in [-0.1, -0.05) is 19.1 Å². The monoisotopic (exact) mass is 361 g/mol. The van der Waals surface area contributed by atoms with E-state index >= 15 is 0 Å². The zero-order valence-electron chi connectivity index (χ0n) is 15.6. The Balaban J connectivity index is 1.76. The molecule has 0 radical (unpaired) electrons. The van der Waals surface area contributed by atoms with Gasteiger partial charge in [0.2, 0.25) is 0 Å². The SMILES string of the molecule is Cc1nc2cccc3c2nc1NC[C@@H](C)CC[C@H]1CNC(=O)c2cc-3[nH]c21. The lowest BCUT2D eigenvalue weighted by molar-refractivity contribution is 0.0938. The number of aromatic nitrogens is 3. The van der Waals surface area contributed by atoms with Crippen LogP contribution in [0.2, 0.25) is 0 Å². The second kappa shape index (κ2) is 6.08. The fourth-order valence-corrected chi connectivity index (χ4v) is 4.19. The molecule has 3 N–H and O–H groups in total. The van der Waals surface area contributed by atoms with Crippen LogP contribution in [-0.2, 0) is 0 Å². The third-order valence-electron chi connectivity index (χ3n) is 5.80. The number of hydrogen-bond acceptors (Lipinski definition) is 4. The molecule has 2 aliphatic rings. The van der Waals surface area contributed by atoms with Crippen LogP contribution in [0.1, 0.15) is 47.4 Å². The number of fused-ring (bicyclic) bond motifs is 3. The van der Waals surface area contributed by atoms with Crippen LogP contribution >= 0.6 is 0 Å². The van der Waals surface area contributed by atoms with Crippen LogP contribution < -0.4 is 10.6 Å². The minimum atomic E-state index is 0.00779. The zero-order valence-corrected chi connectivity index (χ0v) is 15.6. The molecule has 1 amide bonds. The molecule has 0 saturated carbocycles. The minimum Gasteiger partial charge on any atom is -0.368 e. The molecule has 0 saturated heterocycles. The molecular formula is C21H23N5O. The number of hydrogen-bond donors (Lipinski definition) is 3. The molecule has 0 aliphatic carbocycles. The first-order valence-electron chi connectivity index (χ1n) is 9.63. The molecule has 6 heteroatoms. The maximum Gasteiger partial charge on any atom is 0.253 e. The summed E-state index contributed by atoms with van der Waals surface area (Å²) in [6.07, 6.45) is 2.13. The van der Waals surface area contributed by atoms with E-state index in [-0.39, 0.29) is 5.91 Å². The topological polar surface area (TPSA) is 82.7 Å². The van der Waals surface area contributed by atoms with Crippen LogP contribution in [0.3, 0.4) is 0 Å². The highest BCUT2D eigenvalue weighted by atomic mass is 16.1. The Kier molecular flexibility index (Phi) is 3.67. The Morgan fingerprint density at radius 2 is 1.96 bits per heavy atom. The van der Waals surface area contributed by atoms with Crippen LogP contribution in [0.5, 0.6) is 0 Å². The fourth-order valence-electron chi connectivity index (χ4n) is 4.19. The quantitative estimate of drug-likeness (QED) is 0.571. The molecule has 2 aromatic heterocycles. The molecule has 3 aromatic rings. The molecule has 138 valence electrons. The van der Waals surface area contributed by atoms with Crippen molar-refractivity contribution in [1.29, 1.82) is 0 Å². The molecule has 0 fully saturated rings. The number of anilines is 1. The number of amides is 1. The second-order valence-corrected chi connectivity index (χ2v) is 7.81. The first-order chi connectivity index (χ1) is 13.1. The summed E-state index contributed by atoms with van der Waals surface area (Å²) >= 11 is 0. The van der Waals surface area contributed by atoms with Crippen molar-refractivity contribution in [1.82, 2.24) is 20.3 Å². The Morgan fingerprint density at radius 1 is 1.07 bits per heavy atom. The number of para-hydroxylation sites is 1. The summed E-state index contributed by atoms with van der Waals surface area (Å²) in [5.74, 6) is 1.68. The van der Waals surface area contributed by atoms with Crippen molar-refractivity contribution in [3.8, 4) is 11.3 Å². The standard InChI is InChI=1S/C21H23N5O/c1-11-6-7-13-10-23-21(27)15-8-17(25-18(13)15)14-4-3-5-16-19(14)26-20(22-9-11)12(2)24-16/h3-5,8,11,13,25H,6-7,9-10H2,1-2H3,(H,22,26)(H,23,27)/t11-,13-/m0/s1. The molecule has 4 heterocycles. The Hall–Kier alpha value is -2.89. The molecular weight excluding hydrogens is 338 g/mol. The van der Waals surface area contributed by atoms with Crippen molar-refractivity contribution in [2.24, 2.45) is 5.92 Å². The Bertz CT molecular complexity index is 1050. The van der Waals surface area contributed by atoms with Gasteiger partial charge in [0.25, 0.3) is 5.91 Å². The minimum absolute atomic E-state index is 0.00779. The number of nitrogens with zero attached hydrogens (tertiary/aromatic N) is 2. The number of H-pyrrole nitrogens is 1. The van der Waals surface area contributed by atoms with Crippen LogP contribution in [0.25, 0.3) is 22.3 Å². The third-order valence-corrected chi connectivity index (χ3v) is 5.80. The second-order valence-electron chi connectivity index (χ2n) is 7.81. The Morgan fingerprint density at radius 3 is 2.85 bits per heavy atom. The number of benzene rings is 1. The van der Waals surface area contributed by atoms with E-state index in [0.29, 0.717) is 18.4 Å². The lowest BCUT2D eigenvalue weighted by Crippen LogP contribution is -2.34. The van der Waals surface area contributed by atoms with Crippen molar-refractivity contribution in [3.63, 3.8) is 0 Å². The number of rotatable bonds is 0. The van der Waals surface area contributed by atoms with Gasteiger partial charge in [-0.3, -0.25) is 4.79 Å². The predicted octanol–water partition coefficient (Wildman–Crippen LogP) is 3.60. The molecule has 27 heavy (non-hydrogen) atoms. The number of aromatic amines is 1. The highest BCUT2D eigenvalue weighted by Gasteiger charge is 2.29. The Labute approximate surface area is 157 Å². The number of carbonyl (C=O) groups excluding carboxylic acids is 1. The molecule has 5 rings (SSSR count). The van der Waals surface area contributed by atoms with E-state index in [1.165, 1.54) is 0 Å². The fraction of sp³-hybridized carbons (Fsp3) is 0.381. The first kappa shape index (κ1) is 16.3. The highest BCUT2D eigenvalue weighted by molar-refractivity contribution is 6.00. The van der Waals surface area contributed by atoms with Gasteiger partial charge in [-0.25, -0.2) is 9.97 Å². The van der Waals surface area contributed by atoms with E-state index in [1.54, 1.807) is 0 Å². The maximum absolute atomic E-state index is 12.4. The normalized spacial score (nSPS) is 21.8. The molecule has 2 atom stereocenters. The van der Waals surface area contributed by atoms with Gasteiger partial charge in [0.05, 0.1) is 16.8 Å².